The zero-order valence-electron chi connectivity index (χ0n) is 8.67. The summed E-state index contributed by atoms with van der Waals surface area (Å²) in [6.07, 6.45) is 0.820. The molecule has 7 heteroatoms. The molecule has 2 aromatic rings. The second kappa shape index (κ2) is 4.46. The first-order chi connectivity index (χ1) is 7.00. The number of benzene rings is 1. The molecular formula is C9H12N2O3S2. The topological polar surface area (TPSA) is 102 Å². The first-order valence-corrected chi connectivity index (χ1v) is 6.63. The Morgan fingerprint density at radius 2 is 2.12 bits per heavy atom. The van der Waals surface area contributed by atoms with Crippen molar-refractivity contribution in [2.45, 2.75) is 18.2 Å². The monoisotopic (exact) mass is 260 g/mol. The number of rotatable bonds is 2. The summed E-state index contributed by atoms with van der Waals surface area (Å²) in [4.78, 5) is 4.21. The van der Waals surface area contributed by atoms with Gasteiger partial charge in [0, 0.05) is 0 Å². The van der Waals surface area contributed by atoms with Crippen molar-refractivity contribution < 1.29 is 13.0 Å². The molecule has 88 valence electrons. The highest BCUT2D eigenvalue weighted by Crippen LogP contribution is 2.25. The lowest BCUT2D eigenvalue weighted by atomic mass is 10.3. The minimum atomic E-state index is -4.11. The van der Waals surface area contributed by atoms with Gasteiger partial charge in [0.2, 0.25) is 0 Å². The molecule has 0 aliphatic carbocycles. The number of nitrogens with zero attached hydrogens (tertiary/aromatic N) is 1. The van der Waals surface area contributed by atoms with Gasteiger partial charge in [-0.15, -0.1) is 11.3 Å². The molecule has 1 aromatic carbocycles. The summed E-state index contributed by atoms with van der Waals surface area (Å²) in [5, 5.41) is 0.956. The summed E-state index contributed by atoms with van der Waals surface area (Å²) in [5.41, 5.74) is 0.768. The van der Waals surface area contributed by atoms with Crippen molar-refractivity contribution in [3.63, 3.8) is 0 Å². The van der Waals surface area contributed by atoms with Gasteiger partial charge in [-0.2, -0.15) is 8.42 Å². The number of hydrogen-bond donors (Lipinski definition) is 2. The van der Waals surface area contributed by atoms with Crippen molar-refractivity contribution >= 4 is 31.7 Å². The summed E-state index contributed by atoms with van der Waals surface area (Å²) >= 11 is 1.44. The van der Waals surface area contributed by atoms with Crippen molar-refractivity contribution in [1.82, 2.24) is 11.1 Å². The maximum atomic E-state index is 10.9. The summed E-state index contributed by atoms with van der Waals surface area (Å²) in [7, 11) is -4.11. The molecule has 16 heavy (non-hydrogen) atoms. The van der Waals surface area contributed by atoms with E-state index in [4.69, 9.17) is 4.55 Å². The van der Waals surface area contributed by atoms with Crippen molar-refractivity contribution in [3.05, 3.63) is 23.2 Å². The van der Waals surface area contributed by atoms with Gasteiger partial charge in [-0.3, -0.25) is 4.55 Å². The quantitative estimate of drug-likeness (QED) is 0.806. The van der Waals surface area contributed by atoms with E-state index in [9.17, 15) is 8.42 Å². The van der Waals surface area contributed by atoms with Gasteiger partial charge in [-0.25, -0.2) is 4.98 Å². The SMILES string of the molecule is CCc1nc2ccc(S(=O)(=O)O)cc2s1.N. The predicted octanol–water partition coefficient (Wildman–Crippen LogP) is 2.27. The number of hydrogen-bond acceptors (Lipinski definition) is 5. The number of thiazole rings is 1. The first-order valence-electron chi connectivity index (χ1n) is 4.37. The van der Waals surface area contributed by atoms with E-state index in [1.165, 1.54) is 23.5 Å². The molecule has 1 aromatic heterocycles. The number of fused-ring (bicyclic) bond motifs is 1. The third-order valence-corrected chi connectivity index (χ3v) is 4.02. The molecule has 0 atom stereocenters. The molecule has 1 heterocycles. The van der Waals surface area contributed by atoms with Crippen LogP contribution in [0, 0.1) is 0 Å². The Hall–Kier alpha value is -1.02. The second-order valence-electron chi connectivity index (χ2n) is 3.07. The van der Waals surface area contributed by atoms with Gasteiger partial charge in [-0.1, -0.05) is 6.92 Å². The fourth-order valence-corrected chi connectivity index (χ4v) is 2.79. The maximum Gasteiger partial charge on any atom is 0.294 e. The molecule has 0 saturated carbocycles. The van der Waals surface area contributed by atoms with E-state index in [0.717, 1.165) is 21.6 Å². The predicted molar refractivity (Wildman–Crippen MR) is 63.8 cm³/mol. The first kappa shape index (κ1) is 13.0. The molecule has 5 nitrogen and oxygen atoms in total. The standard InChI is InChI=1S/C9H9NO3S2.H3N/c1-2-9-10-7-4-3-6(15(11,12)13)5-8(7)14-9;/h3-5H,2H2,1H3,(H,11,12,13);1H3. The Kier molecular flexibility index (Phi) is 3.64. The van der Waals surface area contributed by atoms with Crippen LogP contribution in [-0.2, 0) is 16.5 Å². The molecule has 0 aliphatic heterocycles. The average Bonchev–Trinajstić information content (AvgIpc) is 2.57. The smallest absolute Gasteiger partial charge is 0.294 e. The molecule has 0 bridgehead atoms. The molecule has 4 N–H and O–H groups in total. The Morgan fingerprint density at radius 3 is 2.69 bits per heavy atom. The molecular weight excluding hydrogens is 248 g/mol. The van der Waals surface area contributed by atoms with Crippen molar-refractivity contribution in [3.8, 4) is 0 Å². The van der Waals surface area contributed by atoms with Gasteiger partial charge < -0.3 is 6.15 Å². The Labute approximate surface area is 97.5 Å². The number of aromatic nitrogens is 1. The third-order valence-electron chi connectivity index (χ3n) is 2.00. The lowest BCUT2D eigenvalue weighted by molar-refractivity contribution is 0.483. The fourth-order valence-electron chi connectivity index (χ4n) is 1.26. The van der Waals surface area contributed by atoms with Gasteiger partial charge in [0.1, 0.15) is 0 Å². The normalized spacial score (nSPS) is 11.4. The van der Waals surface area contributed by atoms with E-state index in [0.29, 0.717) is 0 Å². The van der Waals surface area contributed by atoms with Gasteiger partial charge >= 0.3 is 0 Å². The van der Waals surface area contributed by atoms with Crippen LogP contribution in [0.4, 0.5) is 0 Å². The van der Waals surface area contributed by atoms with Crippen LogP contribution in [0.25, 0.3) is 10.2 Å². The molecule has 0 spiro atoms. The molecule has 0 saturated heterocycles. The van der Waals surface area contributed by atoms with Crippen molar-refractivity contribution in [2.75, 3.05) is 0 Å². The van der Waals surface area contributed by atoms with Crippen LogP contribution in [0.2, 0.25) is 0 Å². The van der Waals surface area contributed by atoms with Crippen LogP contribution in [0.15, 0.2) is 23.1 Å². The summed E-state index contributed by atoms with van der Waals surface area (Å²) in [6.45, 7) is 1.99. The lowest BCUT2D eigenvalue weighted by Gasteiger charge is -1.94. The van der Waals surface area contributed by atoms with Crippen LogP contribution < -0.4 is 6.15 Å². The van der Waals surface area contributed by atoms with Gasteiger partial charge in [0.05, 0.1) is 20.1 Å². The highest BCUT2D eigenvalue weighted by Gasteiger charge is 2.11. The third kappa shape index (κ3) is 2.38. The fraction of sp³-hybridized carbons (Fsp3) is 0.222. The zero-order chi connectivity index (χ0) is 11.1. The molecule has 0 unspecified atom stereocenters. The van der Waals surface area contributed by atoms with Crippen LogP contribution in [0.5, 0.6) is 0 Å². The highest BCUT2D eigenvalue weighted by atomic mass is 32.2. The molecule has 0 amide bonds. The molecule has 0 radical (unpaired) electrons. The van der Waals surface area contributed by atoms with Gasteiger partial charge in [0.25, 0.3) is 10.1 Å². The Morgan fingerprint density at radius 1 is 1.44 bits per heavy atom. The summed E-state index contributed by atoms with van der Waals surface area (Å²) in [5.74, 6) is 0. The van der Waals surface area contributed by atoms with Crippen LogP contribution >= 0.6 is 11.3 Å². The summed E-state index contributed by atoms with van der Waals surface area (Å²) < 4.78 is 31.4. The van der Waals surface area contributed by atoms with E-state index in [1.807, 2.05) is 6.92 Å². The Balaban J connectivity index is 0.00000128. The summed E-state index contributed by atoms with van der Waals surface area (Å²) in [6, 6.07) is 4.41. The minimum absolute atomic E-state index is 0. The molecule has 0 fully saturated rings. The van der Waals surface area contributed by atoms with E-state index in [2.05, 4.69) is 4.98 Å². The lowest BCUT2D eigenvalue weighted by Crippen LogP contribution is -1.96. The van der Waals surface area contributed by atoms with E-state index in [-0.39, 0.29) is 11.0 Å². The average molecular weight is 260 g/mol. The van der Waals surface area contributed by atoms with Crippen LogP contribution in [0.3, 0.4) is 0 Å². The maximum absolute atomic E-state index is 10.9. The van der Waals surface area contributed by atoms with E-state index >= 15 is 0 Å². The van der Waals surface area contributed by atoms with Gasteiger partial charge in [-0.05, 0) is 24.6 Å². The van der Waals surface area contributed by atoms with Crippen molar-refractivity contribution in [1.29, 1.82) is 0 Å². The largest absolute Gasteiger partial charge is 0.344 e. The Bertz CT molecular complexity index is 604. The number of aryl methyl sites for hydroxylation is 1. The van der Waals surface area contributed by atoms with Crippen molar-refractivity contribution in [2.24, 2.45) is 0 Å². The van der Waals surface area contributed by atoms with Crippen LogP contribution in [0.1, 0.15) is 11.9 Å². The highest BCUT2D eigenvalue weighted by molar-refractivity contribution is 7.85. The minimum Gasteiger partial charge on any atom is -0.344 e. The second-order valence-corrected chi connectivity index (χ2v) is 5.60. The van der Waals surface area contributed by atoms with Gasteiger partial charge in [0.15, 0.2) is 0 Å². The van der Waals surface area contributed by atoms with Crippen LogP contribution in [-0.4, -0.2) is 18.0 Å². The van der Waals surface area contributed by atoms with E-state index in [1.54, 1.807) is 6.07 Å². The zero-order valence-corrected chi connectivity index (χ0v) is 10.3. The molecule has 2 rings (SSSR count). The molecule has 0 aliphatic rings. The van der Waals surface area contributed by atoms with E-state index < -0.39 is 10.1 Å².